The fourth-order valence-electron chi connectivity index (χ4n) is 3.03. The van der Waals surface area contributed by atoms with Gasteiger partial charge in [-0.15, -0.1) is 11.3 Å². The lowest BCUT2D eigenvalue weighted by Crippen LogP contribution is -2.29. The maximum absolute atomic E-state index is 12.7. The number of thiophene rings is 1. The van der Waals surface area contributed by atoms with E-state index < -0.39 is 6.04 Å². The molecule has 1 aliphatic heterocycles. The summed E-state index contributed by atoms with van der Waals surface area (Å²) in [7, 11) is 0. The molecule has 0 saturated carbocycles. The number of para-hydroxylation sites is 1. The molecule has 26 heavy (non-hydrogen) atoms. The molecule has 132 valence electrons. The number of nitrogens with one attached hydrogen (secondary N) is 2. The smallest absolute Gasteiger partial charge is 0.257 e. The van der Waals surface area contributed by atoms with E-state index in [1.54, 1.807) is 11.3 Å². The summed E-state index contributed by atoms with van der Waals surface area (Å²) in [5.41, 5.74) is 0.749. The molecule has 0 unspecified atom stereocenters. The Morgan fingerprint density at radius 2 is 2.15 bits per heavy atom. The van der Waals surface area contributed by atoms with Crippen molar-refractivity contribution in [1.82, 2.24) is 14.9 Å². The van der Waals surface area contributed by atoms with E-state index in [0.29, 0.717) is 18.8 Å². The predicted molar refractivity (Wildman–Crippen MR) is 104 cm³/mol. The van der Waals surface area contributed by atoms with Crippen molar-refractivity contribution in [3.05, 3.63) is 51.4 Å². The monoisotopic (exact) mass is 384 g/mol. The Hall–Kier alpha value is -2.58. The minimum atomic E-state index is -0.475. The van der Waals surface area contributed by atoms with E-state index in [1.165, 1.54) is 4.57 Å². The van der Waals surface area contributed by atoms with Crippen molar-refractivity contribution in [2.24, 2.45) is 0 Å². The SMILES string of the molecule is O=C(CC[C@H]1Nc2c3ccccc3nc(=S)n2C1=O)NCc1cccs1. The van der Waals surface area contributed by atoms with E-state index in [-0.39, 0.29) is 23.0 Å². The molecule has 0 radical (unpaired) electrons. The van der Waals surface area contributed by atoms with E-state index in [1.807, 2.05) is 41.8 Å². The molecule has 8 heteroatoms. The normalized spacial score (nSPS) is 15.7. The molecular weight excluding hydrogens is 368 g/mol. The van der Waals surface area contributed by atoms with E-state index in [2.05, 4.69) is 15.6 Å². The van der Waals surface area contributed by atoms with Gasteiger partial charge in [0, 0.05) is 16.7 Å². The van der Waals surface area contributed by atoms with Gasteiger partial charge in [0.15, 0.2) is 0 Å². The van der Waals surface area contributed by atoms with Gasteiger partial charge in [-0.2, -0.15) is 0 Å². The number of benzene rings is 1. The van der Waals surface area contributed by atoms with Crippen molar-refractivity contribution in [2.45, 2.75) is 25.4 Å². The van der Waals surface area contributed by atoms with Crippen LogP contribution in [0.25, 0.3) is 10.9 Å². The second-order valence-corrected chi connectivity index (χ2v) is 7.42. The average Bonchev–Trinajstić information content (AvgIpc) is 3.27. The van der Waals surface area contributed by atoms with Crippen molar-refractivity contribution in [3.8, 4) is 0 Å². The van der Waals surface area contributed by atoms with Crippen LogP contribution in [0.4, 0.5) is 5.82 Å². The van der Waals surface area contributed by atoms with Crippen molar-refractivity contribution >= 4 is 52.1 Å². The molecule has 0 saturated heterocycles. The summed E-state index contributed by atoms with van der Waals surface area (Å²) in [6, 6.07) is 11.0. The zero-order valence-corrected chi connectivity index (χ0v) is 15.4. The standard InChI is InChI=1S/C18H16N4O2S2/c23-15(19-10-11-4-3-9-26-11)8-7-14-17(24)22-16(20-14)12-5-1-2-6-13(12)21-18(22)25/h1-6,9,14,20H,7-8,10H2,(H,19,23)/t14-/m1/s1. The predicted octanol–water partition coefficient (Wildman–Crippen LogP) is 3.36. The summed E-state index contributed by atoms with van der Waals surface area (Å²) < 4.78 is 1.67. The molecule has 0 fully saturated rings. The fraction of sp³-hybridized carbons (Fsp3) is 0.222. The third-order valence-electron chi connectivity index (χ3n) is 4.32. The molecule has 1 atom stereocenters. The van der Waals surface area contributed by atoms with Gasteiger partial charge < -0.3 is 10.6 Å². The van der Waals surface area contributed by atoms with Crippen LogP contribution < -0.4 is 10.6 Å². The molecule has 0 aliphatic carbocycles. The van der Waals surface area contributed by atoms with Crippen molar-refractivity contribution in [3.63, 3.8) is 0 Å². The third-order valence-corrected chi connectivity index (χ3v) is 5.47. The van der Waals surface area contributed by atoms with E-state index in [4.69, 9.17) is 12.2 Å². The van der Waals surface area contributed by atoms with Gasteiger partial charge in [-0.25, -0.2) is 9.55 Å². The fourth-order valence-corrected chi connectivity index (χ4v) is 3.95. The maximum Gasteiger partial charge on any atom is 0.257 e. The van der Waals surface area contributed by atoms with Crippen LogP contribution in [0, 0.1) is 4.77 Å². The Kier molecular flexibility index (Phi) is 4.52. The number of aromatic nitrogens is 2. The van der Waals surface area contributed by atoms with Crippen LogP contribution in [-0.4, -0.2) is 27.4 Å². The van der Waals surface area contributed by atoms with Gasteiger partial charge in [0.05, 0.1) is 12.1 Å². The number of rotatable bonds is 5. The Bertz CT molecular complexity index is 1040. The first kappa shape index (κ1) is 16.9. The largest absolute Gasteiger partial charge is 0.359 e. The van der Waals surface area contributed by atoms with E-state index in [9.17, 15) is 9.59 Å². The quantitative estimate of drug-likeness (QED) is 0.660. The van der Waals surface area contributed by atoms with Crippen LogP contribution in [0.1, 0.15) is 22.5 Å². The highest BCUT2D eigenvalue weighted by Crippen LogP contribution is 2.29. The zero-order valence-electron chi connectivity index (χ0n) is 13.8. The topological polar surface area (TPSA) is 76.0 Å². The molecule has 0 spiro atoms. The first-order chi connectivity index (χ1) is 12.6. The molecule has 1 aliphatic rings. The first-order valence-electron chi connectivity index (χ1n) is 8.25. The minimum absolute atomic E-state index is 0.0736. The highest BCUT2D eigenvalue weighted by Gasteiger charge is 2.31. The highest BCUT2D eigenvalue weighted by molar-refractivity contribution is 7.71. The summed E-state index contributed by atoms with van der Waals surface area (Å²) in [4.78, 5) is 30.2. The molecule has 2 N–H and O–H groups in total. The van der Waals surface area contributed by atoms with Gasteiger partial charge in [-0.3, -0.25) is 9.59 Å². The number of carbonyl (C=O) groups is 2. The molecule has 3 heterocycles. The Morgan fingerprint density at radius 1 is 1.31 bits per heavy atom. The van der Waals surface area contributed by atoms with E-state index >= 15 is 0 Å². The van der Waals surface area contributed by atoms with Crippen LogP contribution >= 0.6 is 23.6 Å². The number of hydrogen-bond acceptors (Lipinski definition) is 6. The highest BCUT2D eigenvalue weighted by atomic mass is 32.1. The molecule has 1 aromatic carbocycles. The summed E-state index contributed by atoms with van der Waals surface area (Å²) in [5.74, 6) is 0.430. The van der Waals surface area contributed by atoms with Crippen molar-refractivity contribution in [2.75, 3.05) is 5.32 Å². The van der Waals surface area contributed by atoms with Gasteiger partial charge in [0.1, 0.15) is 11.9 Å². The van der Waals surface area contributed by atoms with Crippen LogP contribution in [0.2, 0.25) is 0 Å². The van der Waals surface area contributed by atoms with Gasteiger partial charge in [0.25, 0.3) is 5.91 Å². The molecule has 4 rings (SSSR count). The minimum Gasteiger partial charge on any atom is -0.359 e. The number of fused-ring (bicyclic) bond motifs is 3. The summed E-state index contributed by atoms with van der Waals surface area (Å²) in [6.45, 7) is 0.516. The van der Waals surface area contributed by atoms with Crippen LogP contribution in [-0.2, 0) is 11.3 Å². The van der Waals surface area contributed by atoms with Gasteiger partial charge in [-0.1, -0.05) is 18.2 Å². The van der Waals surface area contributed by atoms with Gasteiger partial charge in [-0.05, 0) is 42.2 Å². The van der Waals surface area contributed by atoms with Crippen LogP contribution in [0.15, 0.2) is 41.8 Å². The Balaban J connectivity index is 1.45. The summed E-state index contributed by atoms with van der Waals surface area (Å²) in [6.07, 6.45) is 0.668. The Labute approximate surface area is 158 Å². The molecule has 2 aromatic heterocycles. The van der Waals surface area contributed by atoms with Gasteiger partial charge >= 0.3 is 0 Å². The van der Waals surface area contributed by atoms with Crippen LogP contribution in [0.5, 0.6) is 0 Å². The first-order valence-corrected chi connectivity index (χ1v) is 9.54. The third kappa shape index (κ3) is 3.13. The number of anilines is 1. The lowest BCUT2D eigenvalue weighted by atomic mass is 10.1. The molecule has 3 aromatic rings. The maximum atomic E-state index is 12.7. The second kappa shape index (κ2) is 6.97. The van der Waals surface area contributed by atoms with Crippen molar-refractivity contribution < 1.29 is 9.59 Å². The molecule has 0 bridgehead atoms. The summed E-state index contributed by atoms with van der Waals surface area (Å²) >= 11 is 6.87. The number of amides is 1. The Morgan fingerprint density at radius 3 is 2.96 bits per heavy atom. The van der Waals surface area contributed by atoms with E-state index in [0.717, 1.165) is 15.8 Å². The number of hydrogen-bond donors (Lipinski definition) is 2. The van der Waals surface area contributed by atoms with Crippen molar-refractivity contribution in [1.29, 1.82) is 0 Å². The number of carbonyl (C=O) groups excluding carboxylic acids is 2. The summed E-state index contributed by atoms with van der Waals surface area (Å²) in [5, 5.41) is 8.92. The lowest BCUT2D eigenvalue weighted by Gasteiger charge is -2.09. The molecular formula is C18H16N4O2S2. The zero-order chi connectivity index (χ0) is 18.1. The lowest BCUT2D eigenvalue weighted by molar-refractivity contribution is -0.121. The van der Waals surface area contributed by atoms with Gasteiger partial charge in [0.2, 0.25) is 10.7 Å². The molecule has 1 amide bonds. The number of nitrogens with zero attached hydrogens (tertiary/aromatic N) is 2. The second-order valence-electron chi connectivity index (χ2n) is 6.03. The molecule has 6 nitrogen and oxygen atoms in total. The van der Waals surface area contributed by atoms with Crippen LogP contribution in [0.3, 0.4) is 0 Å². The average molecular weight is 384 g/mol.